The van der Waals surface area contributed by atoms with Gasteiger partial charge in [0, 0.05) is 12.5 Å². The molecule has 1 atom stereocenters. The van der Waals surface area contributed by atoms with Gasteiger partial charge in [0.25, 0.3) is 0 Å². The van der Waals surface area contributed by atoms with Crippen LogP contribution in [-0.4, -0.2) is 55.1 Å². The van der Waals surface area contributed by atoms with Crippen LogP contribution in [0.3, 0.4) is 0 Å². The standard InChI is InChI=1S/C15H26N4O/c1-18(2)10-7-11-19(3)14(12-15(16)17-20)13-8-5-4-6-9-13/h4-6,8-9,14,20H,7,10-12H2,1-3H3,(H2,16,17). The average Bonchev–Trinajstić information content (AvgIpc) is 2.44. The fourth-order valence-electron chi connectivity index (χ4n) is 2.23. The van der Waals surface area contributed by atoms with Gasteiger partial charge < -0.3 is 15.8 Å². The van der Waals surface area contributed by atoms with Crippen molar-refractivity contribution in [2.75, 3.05) is 34.2 Å². The van der Waals surface area contributed by atoms with E-state index in [0.29, 0.717) is 6.42 Å². The summed E-state index contributed by atoms with van der Waals surface area (Å²) in [5.74, 6) is 0.262. The SMILES string of the molecule is CN(C)CCCN(C)C(CC(N)=NO)c1ccccc1. The molecule has 1 aromatic carbocycles. The summed E-state index contributed by atoms with van der Waals surface area (Å²) in [6, 6.07) is 10.3. The van der Waals surface area contributed by atoms with Gasteiger partial charge in [-0.25, -0.2) is 0 Å². The molecule has 1 aromatic rings. The Hall–Kier alpha value is -1.59. The number of oxime groups is 1. The van der Waals surface area contributed by atoms with E-state index in [9.17, 15) is 0 Å². The number of nitrogens with zero attached hydrogens (tertiary/aromatic N) is 3. The second-order valence-electron chi connectivity index (χ2n) is 5.36. The van der Waals surface area contributed by atoms with Crippen LogP contribution in [0.4, 0.5) is 0 Å². The molecule has 0 saturated heterocycles. The molecule has 0 aliphatic carbocycles. The number of nitrogens with two attached hydrogens (primary N) is 1. The Kier molecular flexibility index (Phi) is 7.04. The molecule has 0 heterocycles. The van der Waals surface area contributed by atoms with Gasteiger partial charge in [0.1, 0.15) is 5.84 Å². The van der Waals surface area contributed by atoms with E-state index in [-0.39, 0.29) is 11.9 Å². The van der Waals surface area contributed by atoms with E-state index in [1.165, 1.54) is 5.56 Å². The molecule has 5 heteroatoms. The lowest BCUT2D eigenvalue weighted by Crippen LogP contribution is -2.31. The van der Waals surface area contributed by atoms with Crippen LogP contribution in [-0.2, 0) is 0 Å². The van der Waals surface area contributed by atoms with Gasteiger partial charge in [0.2, 0.25) is 0 Å². The molecule has 0 bridgehead atoms. The first-order valence-electron chi connectivity index (χ1n) is 6.91. The van der Waals surface area contributed by atoms with E-state index in [0.717, 1.165) is 19.5 Å². The van der Waals surface area contributed by atoms with Crippen LogP contribution in [0.25, 0.3) is 0 Å². The van der Waals surface area contributed by atoms with E-state index < -0.39 is 0 Å². The lowest BCUT2D eigenvalue weighted by molar-refractivity contribution is 0.232. The highest BCUT2D eigenvalue weighted by atomic mass is 16.4. The summed E-state index contributed by atoms with van der Waals surface area (Å²) in [5.41, 5.74) is 6.88. The van der Waals surface area contributed by atoms with Crippen molar-refractivity contribution in [1.82, 2.24) is 9.80 Å². The van der Waals surface area contributed by atoms with Crippen molar-refractivity contribution in [3.05, 3.63) is 35.9 Å². The van der Waals surface area contributed by atoms with Gasteiger partial charge in [-0.1, -0.05) is 35.5 Å². The highest BCUT2D eigenvalue weighted by molar-refractivity contribution is 5.80. The Balaban J connectivity index is 2.72. The molecule has 0 radical (unpaired) electrons. The minimum atomic E-state index is 0.134. The number of benzene rings is 1. The van der Waals surface area contributed by atoms with Crippen LogP contribution in [0.2, 0.25) is 0 Å². The quantitative estimate of drug-likeness (QED) is 0.329. The summed E-state index contributed by atoms with van der Waals surface area (Å²) in [5, 5.41) is 11.9. The summed E-state index contributed by atoms with van der Waals surface area (Å²) < 4.78 is 0. The van der Waals surface area contributed by atoms with Gasteiger partial charge in [-0.15, -0.1) is 0 Å². The molecular formula is C15H26N4O. The normalized spacial score (nSPS) is 13.9. The lowest BCUT2D eigenvalue weighted by atomic mass is 10.0. The van der Waals surface area contributed by atoms with Crippen LogP contribution in [0.5, 0.6) is 0 Å². The van der Waals surface area contributed by atoms with E-state index in [1.54, 1.807) is 0 Å². The Bertz CT molecular complexity index is 406. The molecule has 20 heavy (non-hydrogen) atoms. The number of rotatable bonds is 8. The summed E-state index contributed by atoms with van der Waals surface area (Å²) in [4.78, 5) is 4.44. The third-order valence-corrected chi connectivity index (χ3v) is 3.36. The van der Waals surface area contributed by atoms with E-state index >= 15 is 0 Å². The third-order valence-electron chi connectivity index (χ3n) is 3.36. The minimum absolute atomic E-state index is 0.134. The zero-order chi connectivity index (χ0) is 15.0. The predicted molar refractivity (Wildman–Crippen MR) is 83.0 cm³/mol. The maximum atomic E-state index is 8.80. The molecule has 1 rings (SSSR count). The van der Waals surface area contributed by atoms with Gasteiger partial charge >= 0.3 is 0 Å². The van der Waals surface area contributed by atoms with Crippen LogP contribution in [0.1, 0.15) is 24.4 Å². The number of amidine groups is 1. The first-order valence-corrected chi connectivity index (χ1v) is 6.91. The summed E-state index contributed by atoms with van der Waals surface area (Å²) in [6.07, 6.45) is 1.61. The van der Waals surface area contributed by atoms with Crippen LogP contribution in [0, 0.1) is 0 Å². The monoisotopic (exact) mass is 278 g/mol. The first-order chi connectivity index (χ1) is 9.54. The topological polar surface area (TPSA) is 65.1 Å². The van der Waals surface area contributed by atoms with Gasteiger partial charge in [0.05, 0.1) is 0 Å². The number of hydrogen-bond acceptors (Lipinski definition) is 4. The predicted octanol–water partition coefficient (Wildman–Crippen LogP) is 1.75. The highest BCUT2D eigenvalue weighted by Crippen LogP contribution is 2.23. The van der Waals surface area contributed by atoms with Crippen molar-refractivity contribution in [2.24, 2.45) is 10.9 Å². The Labute approximate surface area is 121 Å². The molecular weight excluding hydrogens is 252 g/mol. The first kappa shape index (κ1) is 16.5. The second kappa shape index (κ2) is 8.55. The van der Waals surface area contributed by atoms with E-state index in [4.69, 9.17) is 10.9 Å². The van der Waals surface area contributed by atoms with Gasteiger partial charge in [0.15, 0.2) is 0 Å². The van der Waals surface area contributed by atoms with E-state index in [1.807, 2.05) is 18.2 Å². The molecule has 0 fully saturated rings. The average molecular weight is 278 g/mol. The Morgan fingerprint density at radius 1 is 1.20 bits per heavy atom. The zero-order valence-corrected chi connectivity index (χ0v) is 12.7. The molecule has 0 aromatic heterocycles. The van der Waals surface area contributed by atoms with Crippen molar-refractivity contribution < 1.29 is 5.21 Å². The Morgan fingerprint density at radius 3 is 2.40 bits per heavy atom. The van der Waals surface area contributed by atoms with Crippen molar-refractivity contribution in [3.63, 3.8) is 0 Å². The Morgan fingerprint density at radius 2 is 1.85 bits per heavy atom. The summed E-state index contributed by atoms with van der Waals surface area (Å²) in [6.45, 7) is 2.02. The third kappa shape index (κ3) is 5.59. The molecule has 1 unspecified atom stereocenters. The maximum absolute atomic E-state index is 8.80. The van der Waals surface area contributed by atoms with Crippen molar-refractivity contribution in [1.29, 1.82) is 0 Å². The minimum Gasteiger partial charge on any atom is -0.409 e. The number of hydrogen-bond donors (Lipinski definition) is 2. The van der Waals surface area contributed by atoms with Gasteiger partial charge in [-0.3, -0.25) is 4.90 Å². The second-order valence-corrected chi connectivity index (χ2v) is 5.36. The van der Waals surface area contributed by atoms with Crippen molar-refractivity contribution >= 4 is 5.84 Å². The summed E-state index contributed by atoms with van der Waals surface area (Å²) >= 11 is 0. The van der Waals surface area contributed by atoms with Gasteiger partial charge in [-0.05, 0) is 46.2 Å². The highest BCUT2D eigenvalue weighted by Gasteiger charge is 2.18. The van der Waals surface area contributed by atoms with Crippen molar-refractivity contribution in [3.8, 4) is 0 Å². The molecule has 0 saturated carbocycles. The smallest absolute Gasteiger partial charge is 0.141 e. The van der Waals surface area contributed by atoms with E-state index in [2.05, 4.69) is 48.2 Å². The van der Waals surface area contributed by atoms with Gasteiger partial charge in [-0.2, -0.15) is 0 Å². The van der Waals surface area contributed by atoms with Crippen molar-refractivity contribution in [2.45, 2.75) is 18.9 Å². The molecule has 0 amide bonds. The lowest BCUT2D eigenvalue weighted by Gasteiger charge is -2.28. The molecule has 0 aliphatic rings. The van der Waals surface area contributed by atoms with Crippen LogP contribution in [0.15, 0.2) is 35.5 Å². The molecule has 3 N–H and O–H groups in total. The molecule has 5 nitrogen and oxygen atoms in total. The molecule has 0 spiro atoms. The maximum Gasteiger partial charge on any atom is 0.141 e. The summed E-state index contributed by atoms with van der Waals surface area (Å²) in [7, 11) is 6.23. The molecule has 112 valence electrons. The largest absolute Gasteiger partial charge is 0.409 e. The zero-order valence-electron chi connectivity index (χ0n) is 12.7. The fourth-order valence-corrected chi connectivity index (χ4v) is 2.23. The van der Waals surface area contributed by atoms with Crippen LogP contribution < -0.4 is 5.73 Å². The fraction of sp³-hybridized carbons (Fsp3) is 0.533. The van der Waals surface area contributed by atoms with Crippen LogP contribution >= 0.6 is 0 Å². The molecule has 0 aliphatic heterocycles.